The molecule has 0 aliphatic rings. The molecule has 0 N–H and O–H groups in total. The van der Waals surface area contributed by atoms with Crippen LogP contribution in [0.15, 0.2) is 58.8 Å². The summed E-state index contributed by atoms with van der Waals surface area (Å²) in [6.45, 7) is 0. The number of aromatic nitrogens is 1. The number of fused-ring (bicyclic) bond motifs is 1. The van der Waals surface area contributed by atoms with E-state index < -0.39 is 0 Å². The van der Waals surface area contributed by atoms with Crippen LogP contribution in [0.2, 0.25) is 5.02 Å². The number of benzene rings is 2. The van der Waals surface area contributed by atoms with Gasteiger partial charge in [-0.25, -0.2) is 0 Å². The topological polar surface area (TPSA) is 37.6 Å². The van der Waals surface area contributed by atoms with Crippen LogP contribution < -0.4 is 0 Å². The summed E-state index contributed by atoms with van der Waals surface area (Å²) in [6, 6.07) is 15.1. The molecule has 0 bridgehead atoms. The lowest BCUT2D eigenvalue weighted by atomic mass is 10.2. The van der Waals surface area contributed by atoms with Gasteiger partial charge in [-0.1, -0.05) is 23.7 Å². The zero-order chi connectivity index (χ0) is 12.4. The van der Waals surface area contributed by atoms with E-state index in [9.17, 15) is 0 Å². The zero-order valence-electron chi connectivity index (χ0n) is 9.25. The van der Waals surface area contributed by atoms with Crippen LogP contribution >= 0.6 is 23.1 Å². The van der Waals surface area contributed by atoms with E-state index in [0.29, 0.717) is 5.02 Å². The number of halogens is 1. The molecule has 0 radical (unpaired) electrons. The molecule has 0 spiro atoms. The van der Waals surface area contributed by atoms with Crippen LogP contribution in [0.3, 0.4) is 0 Å². The van der Waals surface area contributed by atoms with Gasteiger partial charge in [-0.3, -0.25) is 0 Å². The Morgan fingerprint density at radius 1 is 0.944 bits per heavy atom. The Balaban J connectivity index is 1.94. The van der Waals surface area contributed by atoms with Gasteiger partial charge < -0.3 is 0 Å². The van der Waals surface area contributed by atoms with Crippen LogP contribution in [-0.2, 0) is 0 Å². The number of azo groups is 1. The second-order valence-electron chi connectivity index (χ2n) is 3.68. The van der Waals surface area contributed by atoms with E-state index >= 15 is 0 Å². The molecule has 0 saturated heterocycles. The summed E-state index contributed by atoms with van der Waals surface area (Å²) in [6.07, 6.45) is 0. The zero-order valence-corrected chi connectivity index (χ0v) is 10.8. The maximum atomic E-state index is 5.81. The molecule has 1 heterocycles. The standard InChI is InChI=1S/C13H8ClN3S/c14-9-5-7-10(8-6-9)15-16-13-11-3-1-2-4-12(11)17-18-13/h1-8H. The molecule has 0 atom stereocenters. The van der Waals surface area contributed by atoms with Gasteiger partial charge in [0.05, 0.1) is 11.2 Å². The third-order valence-electron chi connectivity index (χ3n) is 2.45. The van der Waals surface area contributed by atoms with Crippen molar-refractivity contribution in [3.05, 3.63) is 53.6 Å². The van der Waals surface area contributed by atoms with Gasteiger partial charge in [0.2, 0.25) is 0 Å². The van der Waals surface area contributed by atoms with Gasteiger partial charge >= 0.3 is 0 Å². The molecule has 3 nitrogen and oxygen atoms in total. The molecule has 18 heavy (non-hydrogen) atoms. The highest BCUT2D eigenvalue weighted by molar-refractivity contribution is 7.11. The molecule has 88 valence electrons. The fourth-order valence-corrected chi connectivity index (χ4v) is 2.38. The smallest absolute Gasteiger partial charge is 0.166 e. The molecular weight excluding hydrogens is 266 g/mol. The summed E-state index contributed by atoms with van der Waals surface area (Å²) in [7, 11) is 0. The van der Waals surface area contributed by atoms with E-state index in [1.807, 2.05) is 36.4 Å². The molecule has 0 aliphatic carbocycles. The maximum Gasteiger partial charge on any atom is 0.166 e. The summed E-state index contributed by atoms with van der Waals surface area (Å²) >= 11 is 7.16. The lowest BCUT2D eigenvalue weighted by Gasteiger charge is -1.92. The Morgan fingerprint density at radius 2 is 1.72 bits per heavy atom. The summed E-state index contributed by atoms with van der Waals surface area (Å²) in [5.41, 5.74) is 1.73. The Labute approximate surface area is 113 Å². The van der Waals surface area contributed by atoms with Crippen molar-refractivity contribution in [1.29, 1.82) is 0 Å². The van der Waals surface area contributed by atoms with Gasteiger partial charge in [-0.2, -0.15) is 4.37 Å². The number of hydrogen-bond acceptors (Lipinski definition) is 4. The van der Waals surface area contributed by atoms with Crippen molar-refractivity contribution in [2.45, 2.75) is 0 Å². The van der Waals surface area contributed by atoms with Gasteiger partial charge in [-0.15, -0.1) is 10.2 Å². The van der Waals surface area contributed by atoms with Crippen molar-refractivity contribution in [3.8, 4) is 0 Å². The molecule has 2 aromatic carbocycles. The maximum absolute atomic E-state index is 5.81. The predicted molar refractivity (Wildman–Crippen MR) is 75.2 cm³/mol. The fourth-order valence-electron chi connectivity index (χ4n) is 1.56. The monoisotopic (exact) mass is 273 g/mol. The Morgan fingerprint density at radius 3 is 2.56 bits per heavy atom. The van der Waals surface area contributed by atoms with Gasteiger partial charge in [0.25, 0.3) is 0 Å². The summed E-state index contributed by atoms with van der Waals surface area (Å²) in [4.78, 5) is 0. The van der Waals surface area contributed by atoms with E-state index in [1.54, 1.807) is 12.1 Å². The third-order valence-corrected chi connectivity index (χ3v) is 3.46. The Hall–Kier alpha value is -1.78. The summed E-state index contributed by atoms with van der Waals surface area (Å²) < 4.78 is 4.31. The van der Waals surface area contributed by atoms with Crippen LogP contribution in [0.1, 0.15) is 0 Å². The molecule has 0 amide bonds. The van der Waals surface area contributed by atoms with Gasteiger partial charge in [0.1, 0.15) is 0 Å². The quantitative estimate of drug-likeness (QED) is 0.579. The fraction of sp³-hybridized carbons (Fsp3) is 0. The minimum atomic E-state index is 0.692. The molecule has 3 aromatic rings. The Bertz CT molecular complexity index is 704. The summed E-state index contributed by atoms with van der Waals surface area (Å²) in [5, 5.41) is 10.9. The third kappa shape index (κ3) is 2.25. The van der Waals surface area contributed by atoms with Crippen molar-refractivity contribution in [1.82, 2.24) is 4.37 Å². The van der Waals surface area contributed by atoms with E-state index in [1.165, 1.54) is 11.5 Å². The van der Waals surface area contributed by atoms with Crippen molar-refractivity contribution in [2.24, 2.45) is 10.2 Å². The molecule has 1 aromatic heterocycles. The molecule has 0 aliphatic heterocycles. The highest BCUT2D eigenvalue weighted by Gasteiger charge is 2.03. The first kappa shape index (κ1) is 11.3. The molecular formula is C13H8ClN3S. The minimum absolute atomic E-state index is 0.692. The number of rotatable bonds is 2. The first-order valence-electron chi connectivity index (χ1n) is 5.35. The first-order chi connectivity index (χ1) is 8.83. The van der Waals surface area contributed by atoms with Crippen LogP contribution in [0.5, 0.6) is 0 Å². The van der Waals surface area contributed by atoms with E-state index in [-0.39, 0.29) is 0 Å². The van der Waals surface area contributed by atoms with Crippen molar-refractivity contribution in [2.75, 3.05) is 0 Å². The van der Waals surface area contributed by atoms with Crippen molar-refractivity contribution >= 4 is 44.7 Å². The first-order valence-corrected chi connectivity index (χ1v) is 6.50. The highest BCUT2D eigenvalue weighted by Crippen LogP contribution is 2.31. The molecule has 0 unspecified atom stereocenters. The second kappa shape index (κ2) is 4.84. The lowest BCUT2D eigenvalue weighted by molar-refractivity contribution is 1.26. The number of hydrogen-bond donors (Lipinski definition) is 0. The van der Waals surface area contributed by atoms with Crippen LogP contribution in [0.25, 0.3) is 10.9 Å². The van der Waals surface area contributed by atoms with Gasteiger partial charge in [-0.05, 0) is 47.9 Å². The second-order valence-corrected chi connectivity index (χ2v) is 4.87. The molecule has 0 saturated carbocycles. The molecule has 3 rings (SSSR count). The predicted octanol–water partition coefficient (Wildman–Crippen LogP) is 5.37. The van der Waals surface area contributed by atoms with Crippen molar-refractivity contribution in [3.63, 3.8) is 0 Å². The average molecular weight is 274 g/mol. The lowest BCUT2D eigenvalue weighted by Crippen LogP contribution is -1.65. The average Bonchev–Trinajstić information content (AvgIpc) is 2.82. The van der Waals surface area contributed by atoms with E-state index in [0.717, 1.165) is 21.6 Å². The largest absolute Gasteiger partial charge is 0.190 e. The number of nitrogens with zero attached hydrogens (tertiary/aromatic N) is 3. The van der Waals surface area contributed by atoms with Gasteiger partial charge in [0, 0.05) is 10.4 Å². The highest BCUT2D eigenvalue weighted by atomic mass is 35.5. The Kier molecular flexibility index (Phi) is 3.04. The van der Waals surface area contributed by atoms with Crippen LogP contribution in [0.4, 0.5) is 10.7 Å². The molecule has 0 fully saturated rings. The minimum Gasteiger partial charge on any atom is -0.190 e. The van der Waals surface area contributed by atoms with Crippen LogP contribution in [-0.4, -0.2) is 4.37 Å². The normalized spacial score (nSPS) is 11.4. The summed E-state index contributed by atoms with van der Waals surface area (Å²) in [5.74, 6) is 0. The SMILES string of the molecule is Clc1ccc(N=Nc2snc3ccccc23)cc1. The molecule has 5 heteroatoms. The van der Waals surface area contributed by atoms with Crippen molar-refractivity contribution < 1.29 is 0 Å². The van der Waals surface area contributed by atoms with E-state index in [2.05, 4.69) is 14.6 Å². The van der Waals surface area contributed by atoms with Gasteiger partial charge in [0.15, 0.2) is 5.00 Å². The van der Waals surface area contributed by atoms with E-state index in [4.69, 9.17) is 11.6 Å². The van der Waals surface area contributed by atoms with Crippen LogP contribution in [0, 0.1) is 0 Å².